The van der Waals surface area contributed by atoms with Gasteiger partial charge in [0.2, 0.25) is 0 Å². The van der Waals surface area contributed by atoms with Crippen LogP contribution in [0.15, 0.2) is 16.5 Å². The smallest absolute Gasteiger partial charge is 0.117 e. The maximum Gasteiger partial charge on any atom is 0.117 e. The summed E-state index contributed by atoms with van der Waals surface area (Å²) in [7, 11) is 0. The molecule has 0 saturated carbocycles. The Morgan fingerprint density at radius 1 is 1.29 bits per heavy atom. The van der Waals surface area contributed by atoms with Gasteiger partial charge in [-0.3, -0.25) is 0 Å². The number of hydrogen-bond acceptors (Lipinski definition) is 4. The molecule has 2 rings (SSSR count). The summed E-state index contributed by atoms with van der Waals surface area (Å²) < 4.78 is 10.8. The maximum atomic E-state index is 10.2. The van der Waals surface area contributed by atoms with Crippen molar-refractivity contribution in [2.45, 2.75) is 38.3 Å². The average molecular weight is 239 g/mol. The fourth-order valence-electron chi connectivity index (χ4n) is 2.05. The van der Waals surface area contributed by atoms with E-state index in [-0.39, 0.29) is 0 Å². The van der Waals surface area contributed by atoms with Gasteiger partial charge in [-0.25, -0.2) is 0 Å². The highest BCUT2D eigenvalue weighted by Gasteiger charge is 2.29. The quantitative estimate of drug-likeness (QED) is 0.817. The van der Waals surface area contributed by atoms with Crippen molar-refractivity contribution in [2.24, 2.45) is 0 Å². The van der Waals surface area contributed by atoms with Crippen LogP contribution in [0.3, 0.4) is 0 Å². The van der Waals surface area contributed by atoms with Gasteiger partial charge in [0.1, 0.15) is 11.5 Å². The molecule has 17 heavy (non-hydrogen) atoms. The number of rotatable bonds is 5. The third kappa shape index (κ3) is 3.56. The van der Waals surface area contributed by atoms with E-state index in [0.29, 0.717) is 39.1 Å². The monoisotopic (exact) mass is 239 g/mol. The van der Waals surface area contributed by atoms with Gasteiger partial charge in [0.25, 0.3) is 0 Å². The summed E-state index contributed by atoms with van der Waals surface area (Å²) in [6.07, 6.45) is 2.33. The molecule has 1 aromatic heterocycles. The predicted octanol–water partition coefficient (Wildman–Crippen LogP) is 1.47. The normalized spacial score (nSPS) is 19.4. The van der Waals surface area contributed by atoms with E-state index in [2.05, 4.69) is 12.2 Å². The second kappa shape index (κ2) is 5.67. The second-order valence-electron chi connectivity index (χ2n) is 4.66. The summed E-state index contributed by atoms with van der Waals surface area (Å²) in [4.78, 5) is 0. The molecule has 0 atom stereocenters. The molecule has 4 nitrogen and oxygen atoms in total. The molecule has 1 aliphatic heterocycles. The van der Waals surface area contributed by atoms with Gasteiger partial charge < -0.3 is 19.6 Å². The van der Waals surface area contributed by atoms with Gasteiger partial charge in [-0.1, -0.05) is 6.92 Å². The molecular weight excluding hydrogens is 218 g/mol. The fourth-order valence-corrected chi connectivity index (χ4v) is 2.05. The SMILES string of the molecule is CCc1ccc(CNCC2(O)CCOCC2)o1. The fraction of sp³-hybridized carbons (Fsp3) is 0.692. The third-order valence-corrected chi connectivity index (χ3v) is 3.24. The van der Waals surface area contributed by atoms with Crippen molar-refractivity contribution in [2.75, 3.05) is 19.8 Å². The summed E-state index contributed by atoms with van der Waals surface area (Å²) in [5.74, 6) is 1.93. The van der Waals surface area contributed by atoms with Crippen LogP contribution in [0.4, 0.5) is 0 Å². The molecule has 0 unspecified atom stereocenters. The molecule has 0 aliphatic carbocycles. The van der Waals surface area contributed by atoms with Gasteiger partial charge >= 0.3 is 0 Å². The molecule has 1 fully saturated rings. The Labute approximate surface area is 102 Å². The summed E-state index contributed by atoms with van der Waals surface area (Å²) >= 11 is 0. The maximum absolute atomic E-state index is 10.2. The van der Waals surface area contributed by atoms with E-state index in [1.54, 1.807) is 0 Å². The van der Waals surface area contributed by atoms with Gasteiger partial charge in [0.05, 0.1) is 12.1 Å². The molecule has 0 radical (unpaired) electrons. The first kappa shape index (κ1) is 12.6. The van der Waals surface area contributed by atoms with Crippen molar-refractivity contribution in [3.8, 4) is 0 Å². The second-order valence-corrected chi connectivity index (χ2v) is 4.66. The van der Waals surface area contributed by atoms with Crippen molar-refractivity contribution >= 4 is 0 Å². The van der Waals surface area contributed by atoms with E-state index in [9.17, 15) is 5.11 Å². The third-order valence-electron chi connectivity index (χ3n) is 3.24. The lowest BCUT2D eigenvalue weighted by Crippen LogP contribution is -2.44. The van der Waals surface area contributed by atoms with Crippen LogP contribution >= 0.6 is 0 Å². The molecule has 96 valence electrons. The number of aliphatic hydroxyl groups is 1. The minimum atomic E-state index is -0.613. The lowest BCUT2D eigenvalue weighted by Gasteiger charge is -2.32. The summed E-state index contributed by atoms with van der Waals surface area (Å²) in [5.41, 5.74) is -0.613. The van der Waals surface area contributed by atoms with E-state index < -0.39 is 5.60 Å². The van der Waals surface area contributed by atoms with Gasteiger partial charge in [-0.2, -0.15) is 0 Å². The highest BCUT2D eigenvalue weighted by atomic mass is 16.5. The van der Waals surface area contributed by atoms with E-state index in [0.717, 1.165) is 17.9 Å². The van der Waals surface area contributed by atoms with Crippen LogP contribution < -0.4 is 5.32 Å². The Bertz CT molecular complexity index is 342. The lowest BCUT2D eigenvalue weighted by molar-refractivity contribution is -0.0618. The van der Waals surface area contributed by atoms with E-state index in [1.165, 1.54) is 0 Å². The van der Waals surface area contributed by atoms with Crippen molar-refractivity contribution in [1.29, 1.82) is 0 Å². The summed E-state index contributed by atoms with van der Waals surface area (Å²) in [5, 5.41) is 13.5. The van der Waals surface area contributed by atoms with E-state index in [4.69, 9.17) is 9.15 Å². The lowest BCUT2D eigenvalue weighted by atomic mass is 9.94. The van der Waals surface area contributed by atoms with Gasteiger partial charge in [-0.05, 0) is 12.1 Å². The van der Waals surface area contributed by atoms with Gasteiger partial charge in [0.15, 0.2) is 0 Å². The first-order valence-electron chi connectivity index (χ1n) is 6.30. The highest BCUT2D eigenvalue weighted by molar-refractivity contribution is 5.06. The minimum Gasteiger partial charge on any atom is -0.465 e. The standard InChI is InChI=1S/C13H21NO3/c1-2-11-3-4-12(17-11)9-14-10-13(15)5-7-16-8-6-13/h3-4,14-15H,2,5-10H2,1H3. The molecule has 2 N–H and O–H groups in total. The molecule has 0 aromatic carbocycles. The minimum absolute atomic E-state index is 0.596. The van der Waals surface area contributed by atoms with Crippen molar-refractivity contribution in [1.82, 2.24) is 5.32 Å². The zero-order valence-corrected chi connectivity index (χ0v) is 10.4. The van der Waals surface area contributed by atoms with E-state index >= 15 is 0 Å². The van der Waals surface area contributed by atoms with Gasteiger partial charge in [-0.15, -0.1) is 0 Å². The molecule has 0 amide bonds. The van der Waals surface area contributed by atoms with Crippen LogP contribution in [0.25, 0.3) is 0 Å². The topological polar surface area (TPSA) is 54.6 Å². The Morgan fingerprint density at radius 2 is 2.00 bits per heavy atom. The van der Waals surface area contributed by atoms with Crippen molar-refractivity contribution in [3.63, 3.8) is 0 Å². The van der Waals surface area contributed by atoms with Crippen LogP contribution in [0.1, 0.15) is 31.3 Å². The number of ether oxygens (including phenoxy) is 1. The number of aryl methyl sites for hydroxylation is 1. The van der Waals surface area contributed by atoms with Gasteiger partial charge in [0, 0.05) is 39.0 Å². The molecule has 1 saturated heterocycles. The van der Waals surface area contributed by atoms with Crippen LogP contribution in [-0.4, -0.2) is 30.5 Å². The van der Waals surface area contributed by atoms with Crippen molar-refractivity contribution < 1.29 is 14.3 Å². The summed E-state index contributed by atoms with van der Waals surface area (Å²) in [6, 6.07) is 3.99. The summed E-state index contributed by atoms with van der Waals surface area (Å²) in [6.45, 7) is 4.64. The van der Waals surface area contributed by atoms with E-state index in [1.807, 2.05) is 12.1 Å². The number of hydrogen-bond donors (Lipinski definition) is 2. The first-order chi connectivity index (χ1) is 8.22. The van der Waals surface area contributed by atoms with Crippen LogP contribution in [0.5, 0.6) is 0 Å². The van der Waals surface area contributed by atoms with Crippen LogP contribution in [0, 0.1) is 0 Å². The Kier molecular flexibility index (Phi) is 4.20. The zero-order valence-electron chi connectivity index (χ0n) is 10.4. The predicted molar refractivity (Wildman–Crippen MR) is 64.8 cm³/mol. The molecular formula is C13H21NO3. The number of nitrogens with one attached hydrogen (secondary N) is 1. The highest BCUT2D eigenvalue weighted by Crippen LogP contribution is 2.19. The molecule has 0 spiro atoms. The Morgan fingerprint density at radius 3 is 2.65 bits per heavy atom. The molecule has 0 bridgehead atoms. The van der Waals surface area contributed by atoms with Crippen LogP contribution in [0.2, 0.25) is 0 Å². The largest absolute Gasteiger partial charge is 0.465 e. The molecule has 2 heterocycles. The van der Waals surface area contributed by atoms with Crippen LogP contribution in [-0.2, 0) is 17.7 Å². The zero-order chi connectivity index (χ0) is 12.1. The molecule has 1 aromatic rings. The average Bonchev–Trinajstić information content (AvgIpc) is 2.78. The Hall–Kier alpha value is -0.840. The molecule has 4 heteroatoms. The first-order valence-corrected chi connectivity index (χ1v) is 6.30. The molecule has 1 aliphatic rings. The Balaban J connectivity index is 1.74. The van der Waals surface area contributed by atoms with Crippen molar-refractivity contribution in [3.05, 3.63) is 23.7 Å². The number of furan rings is 1.